The van der Waals surface area contributed by atoms with Gasteiger partial charge in [-0.3, -0.25) is 15.4 Å². The van der Waals surface area contributed by atoms with Crippen LogP contribution in [0.5, 0.6) is 0 Å². The van der Waals surface area contributed by atoms with E-state index in [1.54, 1.807) is 7.05 Å². The molecule has 21 heavy (non-hydrogen) atoms. The topological polar surface area (TPSA) is 109 Å². The Bertz CT molecular complexity index is 712. The molecule has 0 aliphatic heterocycles. The molecule has 1 heterocycles. The third kappa shape index (κ3) is 3.14. The van der Waals surface area contributed by atoms with E-state index in [1.807, 2.05) is 0 Å². The second-order valence-corrected chi connectivity index (χ2v) is 4.15. The maximum atomic E-state index is 13.4. The number of nitrogens with two attached hydrogens (primary N) is 1. The summed E-state index contributed by atoms with van der Waals surface area (Å²) in [7, 11) is 1.54. The third-order valence-electron chi connectivity index (χ3n) is 2.64. The number of amides is 2. The highest BCUT2D eigenvalue weighted by molar-refractivity contribution is 6.05. The summed E-state index contributed by atoms with van der Waals surface area (Å²) in [4.78, 5) is 11.8. The van der Waals surface area contributed by atoms with E-state index in [0.717, 1.165) is 12.1 Å². The molecule has 0 atom stereocenters. The summed E-state index contributed by atoms with van der Waals surface area (Å²) in [5, 5.41) is 15.8. The maximum Gasteiger partial charge on any atom is 0.324 e. The quantitative estimate of drug-likeness (QED) is 0.510. The molecule has 0 unspecified atom stereocenters. The van der Waals surface area contributed by atoms with Crippen molar-refractivity contribution in [3.8, 4) is 0 Å². The standard InChI is InChI=1S/C12H12F2N6O/c1-20-11(7(5-17-20)10(15)16)19-12(21)18-9-3-2-6(13)4-8(9)14/h2-5H,1H3,(H3,15,16)(H2,18,19,21). The molecule has 7 nitrogen and oxygen atoms in total. The third-order valence-corrected chi connectivity index (χ3v) is 2.64. The van der Waals surface area contributed by atoms with E-state index in [4.69, 9.17) is 11.1 Å². The van der Waals surface area contributed by atoms with Gasteiger partial charge in [-0.15, -0.1) is 0 Å². The number of benzene rings is 1. The van der Waals surface area contributed by atoms with Gasteiger partial charge >= 0.3 is 6.03 Å². The summed E-state index contributed by atoms with van der Waals surface area (Å²) in [6.07, 6.45) is 1.32. The van der Waals surface area contributed by atoms with Crippen LogP contribution in [0.1, 0.15) is 5.56 Å². The second-order valence-electron chi connectivity index (χ2n) is 4.15. The fraction of sp³-hybridized carbons (Fsp3) is 0.0833. The maximum absolute atomic E-state index is 13.4. The van der Waals surface area contributed by atoms with E-state index in [0.29, 0.717) is 6.07 Å². The zero-order valence-corrected chi connectivity index (χ0v) is 10.9. The number of aryl methyl sites for hydroxylation is 1. The summed E-state index contributed by atoms with van der Waals surface area (Å²) in [5.74, 6) is -1.74. The van der Waals surface area contributed by atoms with Crippen molar-refractivity contribution in [2.24, 2.45) is 12.8 Å². The fourth-order valence-corrected chi connectivity index (χ4v) is 1.63. The lowest BCUT2D eigenvalue weighted by atomic mass is 10.3. The molecule has 0 saturated carbocycles. The van der Waals surface area contributed by atoms with Crippen LogP contribution in [0.15, 0.2) is 24.4 Å². The van der Waals surface area contributed by atoms with Crippen molar-refractivity contribution >= 4 is 23.4 Å². The van der Waals surface area contributed by atoms with Gasteiger partial charge in [0.05, 0.1) is 17.4 Å². The first-order valence-corrected chi connectivity index (χ1v) is 5.78. The first kappa shape index (κ1) is 14.4. The van der Waals surface area contributed by atoms with Gasteiger partial charge in [0.15, 0.2) is 0 Å². The lowest BCUT2D eigenvalue weighted by Gasteiger charge is -2.10. The number of halogens is 2. The van der Waals surface area contributed by atoms with Crippen LogP contribution in [0.2, 0.25) is 0 Å². The number of carbonyl (C=O) groups is 1. The number of nitrogen functional groups attached to an aromatic ring is 1. The highest BCUT2D eigenvalue weighted by Crippen LogP contribution is 2.17. The number of nitrogens with zero attached hydrogens (tertiary/aromatic N) is 2. The number of carbonyl (C=O) groups excluding carboxylic acids is 1. The zero-order chi connectivity index (χ0) is 15.6. The van der Waals surface area contributed by atoms with Crippen molar-refractivity contribution in [1.82, 2.24) is 9.78 Å². The molecule has 0 spiro atoms. The summed E-state index contributed by atoms with van der Waals surface area (Å²) >= 11 is 0. The minimum Gasteiger partial charge on any atom is -0.384 e. The van der Waals surface area contributed by atoms with Gasteiger partial charge in [-0.05, 0) is 12.1 Å². The highest BCUT2D eigenvalue weighted by atomic mass is 19.1. The number of hydrogen-bond acceptors (Lipinski definition) is 3. The Morgan fingerprint density at radius 2 is 2.10 bits per heavy atom. The van der Waals surface area contributed by atoms with Gasteiger partial charge in [0, 0.05) is 13.1 Å². The van der Waals surface area contributed by atoms with Gasteiger partial charge < -0.3 is 11.1 Å². The van der Waals surface area contributed by atoms with E-state index in [-0.39, 0.29) is 22.9 Å². The van der Waals surface area contributed by atoms with Crippen molar-refractivity contribution in [2.75, 3.05) is 10.6 Å². The van der Waals surface area contributed by atoms with Crippen LogP contribution >= 0.6 is 0 Å². The van der Waals surface area contributed by atoms with E-state index in [1.165, 1.54) is 10.9 Å². The number of rotatable bonds is 3. The predicted octanol–water partition coefficient (Wildman–Crippen LogP) is 1.63. The summed E-state index contributed by atoms with van der Waals surface area (Å²) in [5.41, 5.74) is 5.40. The molecular weight excluding hydrogens is 282 g/mol. The van der Waals surface area contributed by atoms with Crippen molar-refractivity contribution < 1.29 is 13.6 Å². The molecule has 2 amide bonds. The van der Waals surface area contributed by atoms with Gasteiger partial charge in [-0.2, -0.15) is 5.10 Å². The summed E-state index contributed by atoms with van der Waals surface area (Å²) < 4.78 is 27.5. The predicted molar refractivity (Wildman–Crippen MR) is 73.2 cm³/mol. The normalized spacial score (nSPS) is 10.2. The average molecular weight is 294 g/mol. The van der Waals surface area contributed by atoms with Crippen molar-refractivity contribution in [3.63, 3.8) is 0 Å². The molecule has 1 aromatic carbocycles. The fourth-order valence-electron chi connectivity index (χ4n) is 1.63. The smallest absolute Gasteiger partial charge is 0.324 e. The number of nitrogens with one attached hydrogen (secondary N) is 3. The molecular formula is C12H12F2N6O. The van der Waals surface area contributed by atoms with Crippen LogP contribution in [0.25, 0.3) is 0 Å². The van der Waals surface area contributed by atoms with Gasteiger partial charge in [0.2, 0.25) is 0 Å². The largest absolute Gasteiger partial charge is 0.384 e. The van der Waals surface area contributed by atoms with Crippen molar-refractivity contribution in [2.45, 2.75) is 0 Å². The molecule has 9 heteroatoms. The first-order chi connectivity index (χ1) is 9.88. The monoisotopic (exact) mass is 294 g/mol. The number of urea groups is 1. The second kappa shape index (κ2) is 5.57. The van der Waals surface area contributed by atoms with Crippen LogP contribution in [0, 0.1) is 17.0 Å². The van der Waals surface area contributed by atoms with Gasteiger partial charge in [-0.25, -0.2) is 13.6 Å². The average Bonchev–Trinajstić information content (AvgIpc) is 2.75. The van der Waals surface area contributed by atoms with Crippen LogP contribution in [0.3, 0.4) is 0 Å². The molecule has 5 N–H and O–H groups in total. The SMILES string of the molecule is Cn1ncc(C(=N)N)c1NC(=O)Nc1ccc(F)cc1F. The molecule has 2 aromatic rings. The molecule has 110 valence electrons. The molecule has 0 fully saturated rings. The van der Waals surface area contributed by atoms with Crippen molar-refractivity contribution in [1.29, 1.82) is 5.41 Å². The molecule has 1 aromatic heterocycles. The lowest BCUT2D eigenvalue weighted by molar-refractivity contribution is 0.262. The Hall–Kier alpha value is -2.97. The highest BCUT2D eigenvalue weighted by Gasteiger charge is 2.15. The van der Waals surface area contributed by atoms with E-state index in [2.05, 4.69) is 15.7 Å². The number of hydrogen-bond donors (Lipinski definition) is 4. The van der Waals surface area contributed by atoms with E-state index >= 15 is 0 Å². The first-order valence-electron chi connectivity index (χ1n) is 5.78. The Morgan fingerprint density at radius 3 is 2.71 bits per heavy atom. The van der Waals surface area contributed by atoms with Crippen LogP contribution in [0.4, 0.5) is 25.1 Å². The van der Waals surface area contributed by atoms with Crippen LogP contribution < -0.4 is 16.4 Å². The van der Waals surface area contributed by atoms with Gasteiger partial charge in [0.25, 0.3) is 0 Å². The molecule has 0 radical (unpaired) electrons. The summed E-state index contributed by atoms with van der Waals surface area (Å²) in [6, 6.07) is 2.00. The zero-order valence-electron chi connectivity index (χ0n) is 10.9. The number of aromatic nitrogens is 2. The Kier molecular flexibility index (Phi) is 3.83. The van der Waals surface area contributed by atoms with E-state index < -0.39 is 17.7 Å². The Morgan fingerprint density at radius 1 is 1.38 bits per heavy atom. The molecule has 0 aliphatic rings. The molecule has 0 aliphatic carbocycles. The minimum absolute atomic E-state index is 0.180. The molecule has 2 rings (SSSR count). The minimum atomic E-state index is -0.901. The van der Waals surface area contributed by atoms with Gasteiger partial charge in [-0.1, -0.05) is 0 Å². The Labute approximate surface area is 118 Å². The molecule has 0 saturated heterocycles. The number of anilines is 2. The van der Waals surface area contributed by atoms with E-state index in [9.17, 15) is 13.6 Å². The van der Waals surface area contributed by atoms with Gasteiger partial charge in [0.1, 0.15) is 23.3 Å². The molecule has 0 bridgehead atoms. The Balaban J connectivity index is 2.15. The summed E-state index contributed by atoms with van der Waals surface area (Å²) in [6.45, 7) is 0. The van der Waals surface area contributed by atoms with Crippen LogP contribution in [-0.2, 0) is 7.05 Å². The lowest BCUT2D eigenvalue weighted by Crippen LogP contribution is -2.24. The number of amidine groups is 1. The van der Waals surface area contributed by atoms with Crippen molar-refractivity contribution in [3.05, 3.63) is 41.6 Å². The van der Waals surface area contributed by atoms with Crippen LogP contribution in [-0.4, -0.2) is 21.6 Å².